The number of ether oxygens (including phenoxy) is 1. The maximum Gasteiger partial charge on any atom is 0.147 e. The predicted molar refractivity (Wildman–Crippen MR) is 68.1 cm³/mol. The van der Waals surface area contributed by atoms with Crippen LogP contribution in [0.15, 0.2) is 12.4 Å². The lowest BCUT2D eigenvalue weighted by molar-refractivity contribution is 0.0347. The van der Waals surface area contributed by atoms with Crippen LogP contribution in [-0.2, 0) is 4.74 Å². The molecule has 1 N–H and O–H groups in total. The molecule has 4 nitrogen and oxygen atoms in total. The zero-order valence-electron chi connectivity index (χ0n) is 10.5. The van der Waals surface area contributed by atoms with Crippen molar-refractivity contribution in [3.63, 3.8) is 0 Å². The van der Waals surface area contributed by atoms with Crippen LogP contribution in [0.2, 0.25) is 0 Å². The molecule has 0 atom stereocenters. The second-order valence-electron chi connectivity index (χ2n) is 4.55. The van der Waals surface area contributed by atoms with Crippen LogP contribution in [0.4, 0.5) is 5.82 Å². The Balaban J connectivity index is 1.64. The van der Waals surface area contributed by atoms with Crippen LogP contribution in [0.1, 0.15) is 37.8 Å². The standard InChI is InChI=1S/C13H21N3O/c1-11-13(15-8-7-14-11)16-9-10-17-12-5-3-2-4-6-12/h7-8,12H,2-6,9-10H2,1H3,(H,15,16). The van der Waals surface area contributed by atoms with Crippen LogP contribution >= 0.6 is 0 Å². The topological polar surface area (TPSA) is 47.0 Å². The molecule has 1 aromatic heterocycles. The molecule has 0 unspecified atom stereocenters. The summed E-state index contributed by atoms with van der Waals surface area (Å²) in [6, 6.07) is 0. The highest BCUT2D eigenvalue weighted by Crippen LogP contribution is 2.19. The number of rotatable bonds is 5. The van der Waals surface area contributed by atoms with Gasteiger partial charge in [0.2, 0.25) is 0 Å². The summed E-state index contributed by atoms with van der Waals surface area (Å²) in [5.74, 6) is 0.861. The van der Waals surface area contributed by atoms with Crippen molar-refractivity contribution in [2.24, 2.45) is 0 Å². The normalized spacial score (nSPS) is 17.0. The Morgan fingerprint density at radius 2 is 2.00 bits per heavy atom. The maximum absolute atomic E-state index is 5.83. The fraction of sp³-hybridized carbons (Fsp3) is 0.692. The Bertz CT molecular complexity index is 337. The van der Waals surface area contributed by atoms with Gasteiger partial charge >= 0.3 is 0 Å². The van der Waals surface area contributed by atoms with Gasteiger partial charge in [-0.2, -0.15) is 0 Å². The van der Waals surface area contributed by atoms with Gasteiger partial charge in [0.05, 0.1) is 18.4 Å². The molecule has 0 radical (unpaired) electrons. The monoisotopic (exact) mass is 235 g/mol. The lowest BCUT2D eigenvalue weighted by Gasteiger charge is -2.22. The molecule has 94 valence electrons. The molecule has 0 saturated heterocycles. The van der Waals surface area contributed by atoms with Crippen LogP contribution in [0.5, 0.6) is 0 Å². The van der Waals surface area contributed by atoms with E-state index in [4.69, 9.17) is 4.74 Å². The molecule has 1 heterocycles. The molecule has 1 saturated carbocycles. The van der Waals surface area contributed by atoms with Gasteiger partial charge in [-0.25, -0.2) is 4.98 Å². The van der Waals surface area contributed by atoms with Crippen molar-refractivity contribution in [3.8, 4) is 0 Å². The Hall–Kier alpha value is -1.16. The first kappa shape index (κ1) is 12.3. The molecular weight excluding hydrogens is 214 g/mol. The molecule has 1 fully saturated rings. The molecule has 0 amide bonds. The summed E-state index contributed by atoms with van der Waals surface area (Å²) in [7, 11) is 0. The van der Waals surface area contributed by atoms with Crippen molar-refractivity contribution < 1.29 is 4.74 Å². The van der Waals surface area contributed by atoms with E-state index in [-0.39, 0.29) is 0 Å². The molecule has 0 aliphatic heterocycles. The predicted octanol–water partition coefficient (Wildman–Crippen LogP) is 2.55. The van der Waals surface area contributed by atoms with Gasteiger partial charge in [0.1, 0.15) is 5.82 Å². The highest BCUT2D eigenvalue weighted by atomic mass is 16.5. The highest BCUT2D eigenvalue weighted by Gasteiger charge is 2.13. The third-order valence-electron chi connectivity index (χ3n) is 3.18. The average molecular weight is 235 g/mol. The van der Waals surface area contributed by atoms with E-state index in [0.29, 0.717) is 6.10 Å². The van der Waals surface area contributed by atoms with Crippen molar-refractivity contribution >= 4 is 5.82 Å². The molecule has 0 bridgehead atoms. The fourth-order valence-corrected chi connectivity index (χ4v) is 2.21. The Labute approximate surface area is 103 Å². The van der Waals surface area contributed by atoms with Gasteiger partial charge in [-0.3, -0.25) is 4.98 Å². The third-order valence-corrected chi connectivity index (χ3v) is 3.18. The third kappa shape index (κ3) is 3.97. The molecule has 1 aliphatic rings. The largest absolute Gasteiger partial charge is 0.376 e. The molecule has 0 spiro atoms. The van der Waals surface area contributed by atoms with Gasteiger partial charge in [0.15, 0.2) is 0 Å². The van der Waals surface area contributed by atoms with Crippen LogP contribution in [0, 0.1) is 6.92 Å². The number of aromatic nitrogens is 2. The van der Waals surface area contributed by atoms with Crippen LogP contribution < -0.4 is 5.32 Å². The second kappa shape index (κ2) is 6.55. The highest BCUT2D eigenvalue weighted by molar-refractivity contribution is 5.37. The van der Waals surface area contributed by atoms with E-state index in [2.05, 4.69) is 15.3 Å². The fourth-order valence-electron chi connectivity index (χ4n) is 2.21. The van der Waals surface area contributed by atoms with Gasteiger partial charge in [-0.05, 0) is 19.8 Å². The van der Waals surface area contributed by atoms with Crippen LogP contribution in [-0.4, -0.2) is 29.2 Å². The van der Waals surface area contributed by atoms with Crippen molar-refractivity contribution in [1.29, 1.82) is 0 Å². The molecule has 0 aromatic carbocycles. The number of anilines is 1. The lowest BCUT2D eigenvalue weighted by atomic mass is 9.98. The Kier molecular flexibility index (Phi) is 4.74. The van der Waals surface area contributed by atoms with Crippen LogP contribution in [0.3, 0.4) is 0 Å². The molecular formula is C13H21N3O. The van der Waals surface area contributed by atoms with E-state index >= 15 is 0 Å². The summed E-state index contributed by atoms with van der Waals surface area (Å²) >= 11 is 0. The maximum atomic E-state index is 5.83. The number of nitrogens with one attached hydrogen (secondary N) is 1. The van der Waals surface area contributed by atoms with Gasteiger partial charge in [-0.15, -0.1) is 0 Å². The first-order chi connectivity index (χ1) is 8.36. The van der Waals surface area contributed by atoms with Gasteiger partial charge < -0.3 is 10.1 Å². The first-order valence-corrected chi connectivity index (χ1v) is 6.49. The van der Waals surface area contributed by atoms with Gasteiger partial charge in [0, 0.05) is 18.9 Å². The Morgan fingerprint density at radius 1 is 1.24 bits per heavy atom. The van der Waals surface area contributed by atoms with Crippen molar-refractivity contribution in [1.82, 2.24) is 9.97 Å². The molecule has 2 rings (SSSR count). The summed E-state index contributed by atoms with van der Waals surface area (Å²) in [5.41, 5.74) is 0.935. The minimum atomic E-state index is 0.480. The van der Waals surface area contributed by atoms with Crippen molar-refractivity contribution in [2.75, 3.05) is 18.5 Å². The van der Waals surface area contributed by atoms with Gasteiger partial charge in [0.25, 0.3) is 0 Å². The number of hydrogen-bond donors (Lipinski definition) is 1. The van der Waals surface area contributed by atoms with Gasteiger partial charge in [-0.1, -0.05) is 19.3 Å². The number of nitrogens with zero attached hydrogens (tertiary/aromatic N) is 2. The number of aryl methyl sites for hydroxylation is 1. The van der Waals surface area contributed by atoms with E-state index in [1.54, 1.807) is 12.4 Å². The molecule has 4 heteroatoms. The first-order valence-electron chi connectivity index (χ1n) is 6.49. The van der Waals surface area contributed by atoms with Crippen molar-refractivity contribution in [2.45, 2.75) is 45.1 Å². The number of hydrogen-bond acceptors (Lipinski definition) is 4. The van der Waals surface area contributed by atoms with E-state index in [1.807, 2.05) is 6.92 Å². The lowest BCUT2D eigenvalue weighted by Crippen LogP contribution is -2.21. The van der Waals surface area contributed by atoms with Crippen LogP contribution in [0.25, 0.3) is 0 Å². The summed E-state index contributed by atoms with van der Waals surface area (Å²) in [6.45, 7) is 3.51. The van der Waals surface area contributed by atoms with E-state index in [9.17, 15) is 0 Å². The van der Waals surface area contributed by atoms with E-state index < -0.39 is 0 Å². The SMILES string of the molecule is Cc1nccnc1NCCOC1CCCCC1. The smallest absolute Gasteiger partial charge is 0.147 e. The zero-order chi connectivity index (χ0) is 11.9. The van der Waals surface area contributed by atoms with Crippen molar-refractivity contribution in [3.05, 3.63) is 18.1 Å². The minimum absolute atomic E-state index is 0.480. The Morgan fingerprint density at radius 3 is 2.76 bits per heavy atom. The summed E-state index contributed by atoms with van der Waals surface area (Å²) in [4.78, 5) is 8.42. The summed E-state index contributed by atoms with van der Waals surface area (Å²) < 4.78 is 5.83. The molecule has 17 heavy (non-hydrogen) atoms. The van der Waals surface area contributed by atoms with E-state index in [0.717, 1.165) is 24.7 Å². The molecule has 1 aromatic rings. The quantitative estimate of drug-likeness (QED) is 0.797. The average Bonchev–Trinajstić information content (AvgIpc) is 2.38. The van der Waals surface area contributed by atoms with E-state index in [1.165, 1.54) is 32.1 Å². The zero-order valence-corrected chi connectivity index (χ0v) is 10.5. The summed E-state index contributed by atoms with van der Waals surface area (Å²) in [5, 5.41) is 3.25. The minimum Gasteiger partial charge on any atom is -0.376 e. The summed E-state index contributed by atoms with van der Waals surface area (Å²) in [6.07, 6.45) is 10.4. The second-order valence-corrected chi connectivity index (χ2v) is 4.55. The molecule has 1 aliphatic carbocycles.